The highest BCUT2D eigenvalue weighted by Gasteiger charge is 2.72. The fraction of sp³-hybridized carbons (Fsp3) is 0.429. The summed E-state index contributed by atoms with van der Waals surface area (Å²) in [7, 11) is 0. The molecule has 6 nitrogen and oxygen atoms in total. The van der Waals surface area contributed by atoms with Crippen LogP contribution in [0.4, 0.5) is 5.82 Å². The molecule has 2 aliphatic rings. The van der Waals surface area contributed by atoms with E-state index in [1.165, 1.54) is 16.2 Å². The van der Waals surface area contributed by atoms with Crippen LogP contribution in [0.25, 0.3) is 10.2 Å². The van der Waals surface area contributed by atoms with E-state index < -0.39 is 0 Å². The van der Waals surface area contributed by atoms with Crippen LogP contribution in [0.2, 0.25) is 0 Å². The number of carbonyl (C=O) groups is 2. The Hall–Kier alpha value is -2.02. The number of nitrogen functional groups attached to an aromatic ring is 1. The number of imide groups is 1. The third kappa shape index (κ3) is 1.58. The summed E-state index contributed by atoms with van der Waals surface area (Å²) in [5.74, 6) is 0.247. The lowest BCUT2D eigenvalue weighted by Crippen LogP contribution is -2.36. The number of anilines is 1. The zero-order valence-electron chi connectivity index (χ0n) is 11.7. The van der Waals surface area contributed by atoms with Crippen molar-refractivity contribution >= 4 is 39.2 Å². The summed E-state index contributed by atoms with van der Waals surface area (Å²) in [6.45, 7) is 4.03. The van der Waals surface area contributed by atoms with E-state index >= 15 is 0 Å². The monoisotopic (exact) mass is 302 g/mol. The fourth-order valence-corrected chi connectivity index (χ4v) is 4.09. The normalized spacial score (nSPS) is 26.5. The number of carbonyl (C=O) groups excluding carboxylic acids is 2. The number of thiophene rings is 1. The number of amides is 2. The molecule has 2 atom stereocenters. The minimum absolute atomic E-state index is 0.108. The second-order valence-corrected chi connectivity index (χ2v) is 7.10. The highest BCUT2D eigenvalue weighted by atomic mass is 32.1. The van der Waals surface area contributed by atoms with Gasteiger partial charge >= 0.3 is 0 Å². The van der Waals surface area contributed by atoms with Crippen LogP contribution in [0.3, 0.4) is 0 Å². The lowest BCUT2D eigenvalue weighted by atomic mass is 10.1. The highest BCUT2D eigenvalue weighted by Crippen LogP contribution is 2.63. The number of aromatic nitrogens is 2. The molecule has 2 amide bonds. The molecule has 2 aromatic rings. The van der Waals surface area contributed by atoms with Gasteiger partial charge in [0.25, 0.3) is 0 Å². The Morgan fingerprint density at radius 3 is 2.62 bits per heavy atom. The number of fused-ring (bicyclic) bond motifs is 2. The van der Waals surface area contributed by atoms with Crippen molar-refractivity contribution in [2.45, 2.75) is 20.4 Å². The number of nitrogens with zero attached hydrogens (tertiary/aromatic N) is 3. The zero-order chi connectivity index (χ0) is 14.9. The predicted molar refractivity (Wildman–Crippen MR) is 78.1 cm³/mol. The van der Waals surface area contributed by atoms with Crippen molar-refractivity contribution in [1.29, 1.82) is 0 Å². The number of hydrogen-bond acceptors (Lipinski definition) is 6. The molecule has 7 heteroatoms. The van der Waals surface area contributed by atoms with Crippen molar-refractivity contribution in [3.63, 3.8) is 0 Å². The van der Waals surface area contributed by atoms with Crippen LogP contribution in [0, 0.1) is 17.3 Å². The van der Waals surface area contributed by atoms with Crippen molar-refractivity contribution in [3.8, 4) is 0 Å². The van der Waals surface area contributed by atoms with Crippen LogP contribution in [0.1, 0.15) is 19.7 Å². The first-order valence-electron chi connectivity index (χ1n) is 6.76. The van der Waals surface area contributed by atoms with E-state index in [2.05, 4.69) is 9.97 Å². The minimum Gasteiger partial charge on any atom is -0.383 e. The quantitative estimate of drug-likeness (QED) is 0.847. The largest absolute Gasteiger partial charge is 0.383 e. The molecule has 1 saturated carbocycles. The smallest absolute Gasteiger partial charge is 0.234 e. The Balaban J connectivity index is 1.64. The molecular weight excluding hydrogens is 288 g/mol. The van der Waals surface area contributed by atoms with E-state index in [0.29, 0.717) is 11.6 Å². The predicted octanol–water partition coefficient (Wildman–Crippen LogP) is 1.41. The lowest BCUT2D eigenvalue weighted by Gasteiger charge is -2.19. The van der Waals surface area contributed by atoms with Crippen molar-refractivity contribution in [2.24, 2.45) is 17.3 Å². The van der Waals surface area contributed by atoms with Gasteiger partial charge in [-0.2, -0.15) is 0 Å². The molecule has 3 heterocycles. The summed E-state index contributed by atoms with van der Waals surface area (Å²) < 4.78 is 0. The van der Waals surface area contributed by atoms with Crippen LogP contribution in [0.15, 0.2) is 11.4 Å². The van der Waals surface area contributed by atoms with Gasteiger partial charge in [0.15, 0.2) is 5.82 Å². The molecule has 2 N–H and O–H groups in total. The first-order valence-corrected chi connectivity index (χ1v) is 7.64. The number of nitrogens with two attached hydrogens (primary N) is 1. The average Bonchev–Trinajstić information content (AvgIpc) is 2.76. The topological polar surface area (TPSA) is 89.2 Å². The summed E-state index contributed by atoms with van der Waals surface area (Å²) >= 11 is 1.46. The van der Waals surface area contributed by atoms with Gasteiger partial charge in [0.1, 0.15) is 10.6 Å². The van der Waals surface area contributed by atoms with Gasteiger partial charge in [0.2, 0.25) is 11.8 Å². The van der Waals surface area contributed by atoms with Gasteiger partial charge < -0.3 is 5.73 Å². The first kappa shape index (κ1) is 12.7. The summed E-state index contributed by atoms with van der Waals surface area (Å²) in [5, 5.41) is 2.70. The third-order valence-corrected chi connectivity index (χ3v) is 5.40. The van der Waals surface area contributed by atoms with E-state index in [4.69, 9.17) is 5.73 Å². The molecule has 1 saturated heterocycles. The lowest BCUT2D eigenvalue weighted by molar-refractivity contribution is -0.143. The maximum absolute atomic E-state index is 12.3. The van der Waals surface area contributed by atoms with E-state index in [-0.39, 0.29) is 35.6 Å². The molecule has 1 aliphatic heterocycles. The molecule has 0 aromatic carbocycles. The summed E-state index contributed by atoms with van der Waals surface area (Å²) in [6, 6.07) is 1.86. The average molecular weight is 302 g/mol. The Bertz CT molecular complexity index is 773. The summed E-state index contributed by atoms with van der Waals surface area (Å²) in [6.07, 6.45) is 0. The number of piperidine rings is 1. The van der Waals surface area contributed by atoms with Crippen LogP contribution >= 0.6 is 11.3 Å². The molecule has 21 heavy (non-hydrogen) atoms. The van der Waals surface area contributed by atoms with E-state index in [1.54, 1.807) is 0 Å². The van der Waals surface area contributed by atoms with Crippen LogP contribution in [-0.2, 0) is 16.1 Å². The minimum atomic E-state index is -0.192. The maximum atomic E-state index is 12.3. The van der Waals surface area contributed by atoms with Crippen LogP contribution < -0.4 is 5.73 Å². The van der Waals surface area contributed by atoms with Gasteiger partial charge in [-0.05, 0) is 16.9 Å². The molecule has 2 fully saturated rings. The van der Waals surface area contributed by atoms with Gasteiger partial charge in [-0.15, -0.1) is 11.3 Å². The molecular formula is C14H14N4O2S. The first-order chi connectivity index (χ1) is 9.91. The molecule has 0 bridgehead atoms. The molecule has 0 radical (unpaired) electrons. The highest BCUT2D eigenvalue weighted by molar-refractivity contribution is 7.16. The summed E-state index contributed by atoms with van der Waals surface area (Å²) in [4.78, 5) is 35.2. The molecule has 2 unspecified atom stereocenters. The standard InChI is InChI=1S/C14H14N4O2S/c1-14(2)8-9(14)13(20)18(12(8)19)5-7-16-10(15)6-3-4-21-11(6)17-7/h3-4,8-9H,5H2,1-2H3,(H2,15,16,17). The van der Waals surface area contributed by atoms with Crippen LogP contribution in [0.5, 0.6) is 0 Å². The van der Waals surface area contributed by atoms with Crippen molar-refractivity contribution in [3.05, 3.63) is 17.3 Å². The van der Waals surface area contributed by atoms with E-state index in [1.807, 2.05) is 25.3 Å². The van der Waals surface area contributed by atoms with E-state index in [9.17, 15) is 9.59 Å². The van der Waals surface area contributed by atoms with Crippen molar-refractivity contribution in [1.82, 2.24) is 14.9 Å². The van der Waals surface area contributed by atoms with Gasteiger partial charge in [-0.3, -0.25) is 14.5 Å². The molecule has 1 aliphatic carbocycles. The van der Waals surface area contributed by atoms with Gasteiger partial charge in [-0.25, -0.2) is 9.97 Å². The number of hydrogen-bond donors (Lipinski definition) is 1. The fourth-order valence-electron chi connectivity index (χ4n) is 3.30. The molecule has 0 spiro atoms. The Morgan fingerprint density at radius 1 is 1.29 bits per heavy atom. The molecule has 2 aromatic heterocycles. The number of likely N-dealkylation sites (tertiary alicyclic amines) is 1. The number of rotatable bonds is 2. The van der Waals surface area contributed by atoms with Gasteiger partial charge in [-0.1, -0.05) is 13.8 Å². The Morgan fingerprint density at radius 2 is 1.95 bits per heavy atom. The Labute approximate surface area is 125 Å². The van der Waals surface area contributed by atoms with E-state index in [0.717, 1.165) is 10.2 Å². The van der Waals surface area contributed by atoms with Crippen LogP contribution in [-0.4, -0.2) is 26.7 Å². The zero-order valence-corrected chi connectivity index (χ0v) is 12.5. The van der Waals surface area contributed by atoms with Gasteiger partial charge in [0.05, 0.1) is 23.8 Å². The van der Waals surface area contributed by atoms with Crippen molar-refractivity contribution in [2.75, 3.05) is 5.73 Å². The second kappa shape index (κ2) is 3.79. The third-order valence-electron chi connectivity index (χ3n) is 4.59. The SMILES string of the molecule is CC1(C)C2C(=O)N(Cc3nc(N)c4ccsc4n3)C(=O)C21. The second-order valence-electron chi connectivity index (χ2n) is 6.20. The van der Waals surface area contributed by atoms with Crippen molar-refractivity contribution < 1.29 is 9.59 Å². The Kier molecular flexibility index (Phi) is 2.29. The molecule has 108 valence electrons. The molecule has 4 rings (SSSR count). The summed E-state index contributed by atoms with van der Waals surface area (Å²) in [5.41, 5.74) is 5.70. The van der Waals surface area contributed by atoms with Gasteiger partial charge in [0, 0.05) is 0 Å². The maximum Gasteiger partial charge on any atom is 0.234 e.